The van der Waals surface area contributed by atoms with E-state index in [0.29, 0.717) is 0 Å². The van der Waals surface area contributed by atoms with E-state index in [2.05, 4.69) is 48.0 Å². The van der Waals surface area contributed by atoms with Crippen LogP contribution in [-0.4, -0.2) is 61.8 Å². The Bertz CT molecular complexity index is 238. The van der Waals surface area contributed by atoms with E-state index in [1.54, 1.807) is 0 Å². The molecule has 8 heteroatoms. The van der Waals surface area contributed by atoms with Crippen molar-refractivity contribution in [2.75, 3.05) is 39.9 Å². The van der Waals surface area contributed by atoms with Crippen molar-refractivity contribution in [3.63, 3.8) is 0 Å². The summed E-state index contributed by atoms with van der Waals surface area (Å²) in [7, 11) is -3.89. The zero-order valence-electron chi connectivity index (χ0n) is 11.1. The van der Waals surface area contributed by atoms with Crippen LogP contribution in [0.5, 0.6) is 0 Å². The maximum absolute atomic E-state index is 9.75. The Labute approximate surface area is 106 Å². The van der Waals surface area contributed by atoms with Gasteiger partial charge >= 0.3 is 7.25 Å². The van der Waals surface area contributed by atoms with Crippen LogP contribution in [0.1, 0.15) is 13.8 Å². The largest absolute Gasteiger partial charge is 0.673 e. The minimum Gasteiger partial charge on any atom is -0.418 e. The van der Waals surface area contributed by atoms with Crippen molar-refractivity contribution in [1.29, 1.82) is 0 Å². The number of hydrogen-bond acceptors (Lipinski definition) is 3. The van der Waals surface area contributed by atoms with Gasteiger partial charge in [0.2, 0.25) is 0 Å². The molecule has 0 N–H and O–H groups in total. The highest BCUT2D eigenvalue weighted by molar-refractivity contribution is 6.50. The standard InChI is InChI=1S/C10H21N3.BF4/c1-4-12(5-2)8-9-13-7-6-11(3)10-13;2-1(3,4)5/h6-7H,4-5,8-10H2,1-3H3;/q;-1. The Morgan fingerprint density at radius 2 is 1.61 bits per heavy atom. The van der Waals surface area contributed by atoms with Gasteiger partial charge in [-0.25, -0.2) is 0 Å². The van der Waals surface area contributed by atoms with Crippen LogP contribution in [0.3, 0.4) is 0 Å². The highest BCUT2D eigenvalue weighted by Crippen LogP contribution is 2.06. The highest BCUT2D eigenvalue weighted by Gasteiger charge is 2.20. The molecule has 0 saturated heterocycles. The van der Waals surface area contributed by atoms with E-state index < -0.39 is 7.25 Å². The fourth-order valence-electron chi connectivity index (χ4n) is 1.54. The maximum atomic E-state index is 9.75. The predicted molar refractivity (Wildman–Crippen MR) is 66.5 cm³/mol. The van der Waals surface area contributed by atoms with E-state index in [-0.39, 0.29) is 0 Å². The van der Waals surface area contributed by atoms with E-state index in [0.717, 1.165) is 26.3 Å². The molecule has 0 saturated carbocycles. The molecule has 108 valence electrons. The third-order valence-corrected chi connectivity index (χ3v) is 2.53. The van der Waals surface area contributed by atoms with Gasteiger partial charge in [-0.05, 0) is 13.1 Å². The zero-order chi connectivity index (χ0) is 14.2. The Hall–Kier alpha value is -0.915. The van der Waals surface area contributed by atoms with Crippen LogP contribution in [0.2, 0.25) is 0 Å². The molecule has 0 fully saturated rings. The van der Waals surface area contributed by atoms with Crippen LogP contribution in [-0.2, 0) is 0 Å². The fourth-order valence-corrected chi connectivity index (χ4v) is 1.54. The van der Waals surface area contributed by atoms with Gasteiger partial charge in [0.1, 0.15) is 0 Å². The number of likely N-dealkylation sites (N-methyl/N-ethyl adjacent to an activating group) is 1. The molecular formula is C10H21BF4N3-. The van der Waals surface area contributed by atoms with Gasteiger partial charge in [-0.1, -0.05) is 13.8 Å². The Balaban J connectivity index is 0.000000494. The first-order valence-electron chi connectivity index (χ1n) is 5.98. The minimum absolute atomic E-state index is 1.04. The molecule has 0 aromatic heterocycles. The second kappa shape index (κ2) is 8.23. The molecule has 18 heavy (non-hydrogen) atoms. The average Bonchev–Trinajstić information content (AvgIpc) is 2.63. The summed E-state index contributed by atoms with van der Waals surface area (Å²) in [6.07, 6.45) is 4.30. The molecular weight excluding hydrogens is 249 g/mol. The van der Waals surface area contributed by atoms with E-state index in [9.17, 15) is 17.3 Å². The van der Waals surface area contributed by atoms with Crippen molar-refractivity contribution >= 4 is 7.25 Å². The average molecular weight is 270 g/mol. The minimum atomic E-state index is -6.00. The van der Waals surface area contributed by atoms with Crippen LogP contribution in [0.15, 0.2) is 12.4 Å². The monoisotopic (exact) mass is 270 g/mol. The molecule has 3 nitrogen and oxygen atoms in total. The fraction of sp³-hybridized carbons (Fsp3) is 0.800. The van der Waals surface area contributed by atoms with Gasteiger partial charge in [0.05, 0.1) is 6.67 Å². The van der Waals surface area contributed by atoms with Crippen LogP contribution in [0.25, 0.3) is 0 Å². The van der Waals surface area contributed by atoms with E-state index in [4.69, 9.17) is 0 Å². The van der Waals surface area contributed by atoms with Crippen LogP contribution >= 0.6 is 0 Å². The lowest BCUT2D eigenvalue weighted by Crippen LogP contribution is -2.33. The van der Waals surface area contributed by atoms with Gasteiger partial charge in [-0.2, -0.15) is 0 Å². The Morgan fingerprint density at radius 1 is 1.11 bits per heavy atom. The van der Waals surface area contributed by atoms with Crippen LogP contribution in [0.4, 0.5) is 17.3 Å². The van der Waals surface area contributed by atoms with E-state index in [1.807, 2.05) is 0 Å². The molecule has 0 bridgehead atoms. The third-order valence-electron chi connectivity index (χ3n) is 2.53. The summed E-state index contributed by atoms with van der Waals surface area (Å²) in [6.45, 7) is 10.1. The lowest BCUT2D eigenvalue weighted by atomic mass is 10.3. The molecule has 0 radical (unpaired) electrons. The summed E-state index contributed by atoms with van der Waals surface area (Å²) in [4.78, 5) is 6.99. The molecule has 0 aromatic carbocycles. The Kier molecular flexibility index (Phi) is 7.81. The number of halogens is 4. The van der Waals surface area contributed by atoms with Crippen molar-refractivity contribution in [2.24, 2.45) is 0 Å². The van der Waals surface area contributed by atoms with Gasteiger partial charge in [-0.15, -0.1) is 0 Å². The molecule has 1 aliphatic rings. The lowest BCUT2D eigenvalue weighted by Gasteiger charge is -2.23. The highest BCUT2D eigenvalue weighted by atomic mass is 19.5. The molecule has 1 rings (SSSR count). The summed E-state index contributed by atoms with van der Waals surface area (Å²) in [6, 6.07) is 0. The second-order valence-corrected chi connectivity index (χ2v) is 4.03. The first-order valence-corrected chi connectivity index (χ1v) is 5.98. The third kappa shape index (κ3) is 10.3. The SMILES string of the molecule is CCN(CC)CCN1C=CN(C)C1.F[B-](F)(F)F. The predicted octanol–water partition coefficient (Wildman–Crippen LogP) is 2.30. The number of nitrogens with zero attached hydrogens (tertiary/aromatic N) is 3. The van der Waals surface area contributed by atoms with Crippen molar-refractivity contribution < 1.29 is 17.3 Å². The van der Waals surface area contributed by atoms with Crippen molar-refractivity contribution in [1.82, 2.24) is 14.7 Å². The van der Waals surface area contributed by atoms with Gasteiger partial charge in [0, 0.05) is 32.5 Å². The van der Waals surface area contributed by atoms with Gasteiger partial charge in [-0.3, -0.25) is 0 Å². The van der Waals surface area contributed by atoms with E-state index in [1.165, 1.54) is 6.54 Å². The first-order chi connectivity index (χ1) is 8.26. The molecule has 0 aromatic rings. The summed E-state index contributed by atoms with van der Waals surface area (Å²) in [5.74, 6) is 0. The smallest absolute Gasteiger partial charge is 0.418 e. The van der Waals surface area contributed by atoms with Crippen molar-refractivity contribution in [2.45, 2.75) is 13.8 Å². The molecule has 0 unspecified atom stereocenters. The number of rotatable bonds is 5. The van der Waals surface area contributed by atoms with Crippen molar-refractivity contribution in [3.8, 4) is 0 Å². The molecule has 0 atom stereocenters. The normalized spacial score (nSPS) is 15.1. The number of hydrogen-bond donors (Lipinski definition) is 0. The lowest BCUT2D eigenvalue weighted by molar-refractivity contribution is 0.234. The summed E-state index contributed by atoms with van der Waals surface area (Å²) >= 11 is 0. The summed E-state index contributed by atoms with van der Waals surface area (Å²) < 4.78 is 39.0. The quantitative estimate of drug-likeness (QED) is 0.560. The Morgan fingerprint density at radius 3 is 1.94 bits per heavy atom. The second-order valence-electron chi connectivity index (χ2n) is 4.03. The molecule has 1 heterocycles. The molecule has 0 aliphatic carbocycles. The molecule has 0 spiro atoms. The molecule has 1 aliphatic heterocycles. The van der Waals surface area contributed by atoms with Crippen molar-refractivity contribution in [3.05, 3.63) is 12.4 Å². The first kappa shape index (κ1) is 17.1. The topological polar surface area (TPSA) is 9.72 Å². The maximum Gasteiger partial charge on any atom is 0.673 e. The van der Waals surface area contributed by atoms with Gasteiger partial charge in [0.15, 0.2) is 0 Å². The zero-order valence-corrected chi connectivity index (χ0v) is 11.1. The van der Waals surface area contributed by atoms with Crippen LogP contribution < -0.4 is 0 Å². The molecule has 0 amide bonds. The van der Waals surface area contributed by atoms with Gasteiger partial charge < -0.3 is 32.0 Å². The van der Waals surface area contributed by atoms with Gasteiger partial charge in [0.25, 0.3) is 0 Å². The van der Waals surface area contributed by atoms with E-state index >= 15 is 0 Å². The van der Waals surface area contributed by atoms with Crippen LogP contribution in [0, 0.1) is 0 Å². The summed E-state index contributed by atoms with van der Waals surface area (Å²) in [5.41, 5.74) is 0. The summed E-state index contributed by atoms with van der Waals surface area (Å²) in [5, 5.41) is 0.